The molecule has 0 aliphatic carbocycles. The van der Waals surface area contributed by atoms with Crippen LogP contribution < -0.4 is 15.0 Å². The first kappa shape index (κ1) is 20.5. The molecule has 154 valence electrons. The normalized spacial score (nSPS) is 13.7. The maximum atomic E-state index is 13.2. The number of nitrogens with zero attached hydrogens (tertiary/aromatic N) is 1. The largest absolute Gasteiger partial charge is 0.488 e. The Morgan fingerprint density at radius 3 is 2.50 bits per heavy atom. The number of carbonyl (C=O) groups excluding carboxylic acids is 1. The molecule has 0 spiro atoms. The van der Waals surface area contributed by atoms with Crippen molar-refractivity contribution >= 4 is 33.2 Å². The van der Waals surface area contributed by atoms with Crippen LogP contribution in [0.2, 0.25) is 0 Å². The van der Waals surface area contributed by atoms with Gasteiger partial charge in [-0.1, -0.05) is 52.3 Å². The van der Waals surface area contributed by atoms with Crippen LogP contribution in [0.1, 0.15) is 35.2 Å². The molecule has 0 saturated carbocycles. The van der Waals surface area contributed by atoms with Crippen LogP contribution in [0.15, 0.2) is 77.3 Å². The minimum atomic E-state index is -0.171. The average Bonchev–Trinajstić information content (AvgIpc) is 2.79. The van der Waals surface area contributed by atoms with Crippen LogP contribution in [0.3, 0.4) is 0 Å². The van der Waals surface area contributed by atoms with E-state index in [4.69, 9.17) is 4.74 Å². The number of carbonyl (C=O) groups is 1. The molecule has 3 aromatic rings. The first-order valence-corrected chi connectivity index (χ1v) is 11.1. The lowest BCUT2D eigenvalue weighted by atomic mass is 10.1. The number of piperidine rings is 1. The lowest BCUT2D eigenvalue weighted by Gasteiger charge is -2.29. The van der Waals surface area contributed by atoms with Crippen molar-refractivity contribution in [1.29, 1.82) is 0 Å². The zero-order valence-electron chi connectivity index (χ0n) is 16.8. The smallest absolute Gasteiger partial charge is 0.259 e. The van der Waals surface area contributed by atoms with Crippen LogP contribution in [0, 0.1) is 0 Å². The maximum absolute atomic E-state index is 13.2. The summed E-state index contributed by atoms with van der Waals surface area (Å²) in [5, 5.41) is 3.00. The van der Waals surface area contributed by atoms with Crippen molar-refractivity contribution in [1.82, 2.24) is 0 Å². The van der Waals surface area contributed by atoms with Gasteiger partial charge in [0, 0.05) is 28.9 Å². The predicted molar refractivity (Wildman–Crippen MR) is 125 cm³/mol. The average molecular weight is 465 g/mol. The van der Waals surface area contributed by atoms with Crippen LogP contribution in [0.4, 0.5) is 11.4 Å². The highest BCUT2D eigenvalue weighted by atomic mass is 79.9. The second kappa shape index (κ2) is 9.81. The number of hydrogen-bond acceptors (Lipinski definition) is 3. The molecule has 4 rings (SSSR count). The Kier molecular flexibility index (Phi) is 6.70. The number of hydrogen-bond donors (Lipinski definition) is 1. The van der Waals surface area contributed by atoms with E-state index in [0.717, 1.165) is 34.5 Å². The monoisotopic (exact) mass is 464 g/mol. The van der Waals surface area contributed by atoms with Gasteiger partial charge in [0.1, 0.15) is 12.4 Å². The minimum Gasteiger partial charge on any atom is -0.488 e. The first-order chi connectivity index (χ1) is 14.7. The molecule has 1 fully saturated rings. The highest BCUT2D eigenvalue weighted by Gasteiger charge is 2.18. The highest BCUT2D eigenvalue weighted by molar-refractivity contribution is 9.10. The molecule has 0 radical (unpaired) electrons. The van der Waals surface area contributed by atoms with Gasteiger partial charge in [0.2, 0.25) is 0 Å². The van der Waals surface area contributed by atoms with Crippen molar-refractivity contribution in [2.24, 2.45) is 0 Å². The van der Waals surface area contributed by atoms with Gasteiger partial charge < -0.3 is 15.0 Å². The van der Waals surface area contributed by atoms with Crippen molar-refractivity contribution < 1.29 is 9.53 Å². The lowest BCUT2D eigenvalue weighted by molar-refractivity contribution is 0.102. The third-order valence-corrected chi connectivity index (χ3v) is 5.74. The van der Waals surface area contributed by atoms with Gasteiger partial charge in [-0.3, -0.25) is 4.79 Å². The molecule has 3 aromatic carbocycles. The molecule has 30 heavy (non-hydrogen) atoms. The third-order valence-electron chi connectivity index (χ3n) is 5.25. The number of anilines is 2. The van der Waals surface area contributed by atoms with E-state index in [1.807, 2.05) is 66.7 Å². The molecule has 0 unspecified atom stereocenters. The number of benzene rings is 3. The van der Waals surface area contributed by atoms with Crippen LogP contribution >= 0.6 is 15.9 Å². The second-order valence-electron chi connectivity index (χ2n) is 7.47. The van der Waals surface area contributed by atoms with Gasteiger partial charge in [-0.15, -0.1) is 0 Å². The molecule has 5 heteroatoms. The minimum absolute atomic E-state index is 0.171. The fourth-order valence-corrected chi connectivity index (χ4v) is 4.07. The number of ether oxygens (including phenoxy) is 1. The Labute approximate surface area is 186 Å². The van der Waals surface area contributed by atoms with Gasteiger partial charge in [-0.2, -0.15) is 0 Å². The van der Waals surface area contributed by atoms with Gasteiger partial charge >= 0.3 is 0 Å². The highest BCUT2D eigenvalue weighted by Crippen LogP contribution is 2.29. The standard InChI is InChI=1S/C25H25BrN2O2/c26-20-10-7-11-21(16-20)27-25(29)23-17-22(28-14-5-2-6-15-28)12-13-24(23)30-18-19-8-3-1-4-9-19/h1,3-4,7-13,16-17H,2,5-6,14-15,18H2,(H,27,29). The van der Waals surface area contributed by atoms with E-state index >= 15 is 0 Å². The molecule has 1 aliphatic rings. The molecular formula is C25H25BrN2O2. The van der Waals surface area contributed by atoms with Crippen molar-refractivity contribution in [3.63, 3.8) is 0 Å². The van der Waals surface area contributed by atoms with E-state index in [1.165, 1.54) is 19.3 Å². The maximum Gasteiger partial charge on any atom is 0.259 e. The molecule has 0 atom stereocenters. The number of amides is 1. The van der Waals surface area contributed by atoms with Gasteiger partial charge in [0.15, 0.2) is 0 Å². The van der Waals surface area contributed by atoms with Crippen LogP contribution in [0.25, 0.3) is 0 Å². The van der Waals surface area contributed by atoms with Crippen molar-refractivity contribution in [2.45, 2.75) is 25.9 Å². The van der Waals surface area contributed by atoms with Gasteiger partial charge in [0.05, 0.1) is 5.56 Å². The lowest BCUT2D eigenvalue weighted by Crippen LogP contribution is -2.29. The predicted octanol–water partition coefficient (Wildman–Crippen LogP) is 6.27. The summed E-state index contributed by atoms with van der Waals surface area (Å²) in [4.78, 5) is 15.5. The molecule has 1 N–H and O–H groups in total. The van der Waals surface area contributed by atoms with E-state index in [2.05, 4.69) is 32.2 Å². The summed E-state index contributed by atoms with van der Waals surface area (Å²) in [7, 11) is 0. The van der Waals surface area contributed by atoms with Crippen molar-refractivity contribution in [2.75, 3.05) is 23.3 Å². The molecular weight excluding hydrogens is 440 g/mol. The van der Waals surface area contributed by atoms with Crippen LogP contribution in [-0.2, 0) is 6.61 Å². The zero-order valence-corrected chi connectivity index (χ0v) is 18.4. The van der Waals surface area contributed by atoms with E-state index < -0.39 is 0 Å². The summed E-state index contributed by atoms with van der Waals surface area (Å²) in [6.45, 7) is 2.47. The summed E-state index contributed by atoms with van der Waals surface area (Å²) in [5.41, 5.74) is 3.43. The molecule has 0 bridgehead atoms. The molecule has 0 aromatic heterocycles. The molecule has 1 aliphatic heterocycles. The molecule has 1 amide bonds. The fourth-order valence-electron chi connectivity index (χ4n) is 3.67. The Morgan fingerprint density at radius 2 is 1.73 bits per heavy atom. The first-order valence-electron chi connectivity index (χ1n) is 10.3. The van der Waals surface area contributed by atoms with Gasteiger partial charge in [0.25, 0.3) is 5.91 Å². The summed E-state index contributed by atoms with van der Waals surface area (Å²) in [6.07, 6.45) is 3.64. The topological polar surface area (TPSA) is 41.6 Å². The van der Waals surface area contributed by atoms with E-state index in [9.17, 15) is 4.79 Å². The second-order valence-corrected chi connectivity index (χ2v) is 8.38. The summed E-state index contributed by atoms with van der Waals surface area (Å²) >= 11 is 3.45. The van der Waals surface area contributed by atoms with E-state index in [0.29, 0.717) is 17.9 Å². The van der Waals surface area contributed by atoms with Gasteiger partial charge in [-0.25, -0.2) is 0 Å². The number of nitrogens with one attached hydrogen (secondary N) is 1. The van der Waals surface area contributed by atoms with Crippen molar-refractivity contribution in [3.05, 3.63) is 88.4 Å². The van der Waals surface area contributed by atoms with E-state index in [1.54, 1.807) is 0 Å². The third kappa shape index (κ3) is 5.22. The number of rotatable bonds is 6. The fraction of sp³-hybridized carbons (Fsp3) is 0.240. The Balaban J connectivity index is 1.59. The SMILES string of the molecule is O=C(Nc1cccc(Br)c1)c1cc(N2CCCCC2)ccc1OCc1ccccc1. The van der Waals surface area contributed by atoms with Crippen LogP contribution in [0.5, 0.6) is 5.75 Å². The molecule has 4 nitrogen and oxygen atoms in total. The van der Waals surface area contributed by atoms with Gasteiger partial charge in [-0.05, 0) is 61.2 Å². The Morgan fingerprint density at radius 1 is 0.933 bits per heavy atom. The summed E-state index contributed by atoms with van der Waals surface area (Å²) in [6, 6.07) is 23.5. The molecule has 1 saturated heterocycles. The summed E-state index contributed by atoms with van der Waals surface area (Å²) < 4.78 is 6.98. The number of halogens is 1. The summed E-state index contributed by atoms with van der Waals surface area (Å²) in [5.74, 6) is 0.419. The van der Waals surface area contributed by atoms with Crippen molar-refractivity contribution in [3.8, 4) is 5.75 Å². The quantitative estimate of drug-likeness (QED) is 0.467. The Hall–Kier alpha value is -2.79. The van der Waals surface area contributed by atoms with Crippen LogP contribution in [-0.4, -0.2) is 19.0 Å². The Bertz CT molecular complexity index is 1000. The molecule has 1 heterocycles. The van der Waals surface area contributed by atoms with E-state index in [-0.39, 0.29) is 5.91 Å². The zero-order chi connectivity index (χ0) is 20.8.